The molecular weight excluding hydrogens is 296 g/mol. The van der Waals surface area contributed by atoms with Crippen LogP contribution in [0.5, 0.6) is 0 Å². The summed E-state index contributed by atoms with van der Waals surface area (Å²) < 4.78 is 53.1. The highest BCUT2D eigenvalue weighted by molar-refractivity contribution is 5.66. The summed E-state index contributed by atoms with van der Waals surface area (Å²) >= 11 is 0. The Hall–Kier alpha value is -1.98. The van der Waals surface area contributed by atoms with E-state index in [1.807, 2.05) is 0 Å². The average molecular weight is 308 g/mol. The van der Waals surface area contributed by atoms with Crippen molar-refractivity contribution in [3.63, 3.8) is 0 Å². The summed E-state index contributed by atoms with van der Waals surface area (Å²) in [4.78, 5) is 0. The lowest BCUT2D eigenvalue weighted by atomic mass is 9.94. The largest absolute Gasteiger partial charge is 0.419 e. The Balaban J connectivity index is 1.88. The molecule has 2 aromatic rings. The van der Waals surface area contributed by atoms with Crippen molar-refractivity contribution in [2.75, 3.05) is 0 Å². The number of fused-ring (bicyclic) bond motifs is 5. The standard InChI is InChI=1S/C16H12F4N2/c17-12-3-1-2-10(14(12)16(18,19)20)13-7-11-8-4-5-9(6-8)15(11)22-21-13/h1-3,7-9H,4-6H2. The van der Waals surface area contributed by atoms with Gasteiger partial charge in [0, 0.05) is 11.5 Å². The maximum atomic E-state index is 13.7. The molecule has 0 amide bonds. The Morgan fingerprint density at radius 3 is 2.59 bits per heavy atom. The number of hydrogen-bond donors (Lipinski definition) is 0. The third kappa shape index (κ3) is 1.93. The second-order valence-corrected chi connectivity index (χ2v) is 5.94. The average Bonchev–Trinajstić information content (AvgIpc) is 3.07. The Morgan fingerprint density at radius 2 is 1.82 bits per heavy atom. The van der Waals surface area contributed by atoms with Crippen molar-refractivity contribution in [1.29, 1.82) is 0 Å². The minimum atomic E-state index is -4.76. The van der Waals surface area contributed by atoms with Crippen LogP contribution in [0, 0.1) is 5.82 Å². The molecule has 0 N–H and O–H groups in total. The predicted octanol–water partition coefficient (Wildman–Crippen LogP) is 4.67. The van der Waals surface area contributed by atoms with Crippen molar-refractivity contribution < 1.29 is 17.6 Å². The van der Waals surface area contributed by atoms with Crippen molar-refractivity contribution in [2.45, 2.75) is 37.3 Å². The fourth-order valence-corrected chi connectivity index (χ4v) is 3.73. The van der Waals surface area contributed by atoms with E-state index < -0.39 is 17.6 Å². The molecule has 0 spiro atoms. The van der Waals surface area contributed by atoms with E-state index in [1.54, 1.807) is 6.07 Å². The molecule has 1 aromatic carbocycles. The molecule has 0 saturated heterocycles. The Morgan fingerprint density at radius 1 is 1.05 bits per heavy atom. The van der Waals surface area contributed by atoms with Crippen LogP contribution in [-0.4, -0.2) is 10.2 Å². The second-order valence-electron chi connectivity index (χ2n) is 5.94. The van der Waals surface area contributed by atoms with Crippen LogP contribution in [0.3, 0.4) is 0 Å². The van der Waals surface area contributed by atoms with Gasteiger partial charge in [-0.05, 0) is 42.9 Å². The molecule has 0 radical (unpaired) electrons. The molecule has 1 fully saturated rings. The fraction of sp³-hybridized carbons (Fsp3) is 0.375. The number of aromatic nitrogens is 2. The molecular formula is C16H12F4N2. The highest BCUT2D eigenvalue weighted by Gasteiger charge is 2.40. The van der Waals surface area contributed by atoms with E-state index in [2.05, 4.69) is 10.2 Å². The van der Waals surface area contributed by atoms with E-state index in [0.717, 1.165) is 36.6 Å². The highest BCUT2D eigenvalue weighted by Crippen LogP contribution is 2.52. The van der Waals surface area contributed by atoms with E-state index in [0.29, 0.717) is 11.8 Å². The first kappa shape index (κ1) is 13.7. The van der Waals surface area contributed by atoms with Crippen molar-refractivity contribution in [3.8, 4) is 11.3 Å². The monoisotopic (exact) mass is 308 g/mol. The SMILES string of the molecule is Fc1cccc(-c2cc3c(nn2)C2CCC3C2)c1C(F)(F)F. The lowest BCUT2D eigenvalue weighted by Gasteiger charge is -2.16. The Bertz CT molecular complexity index is 754. The molecule has 2 aliphatic rings. The third-order valence-corrected chi connectivity index (χ3v) is 4.69. The maximum absolute atomic E-state index is 13.7. The molecule has 114 valence electrons. The minimum Gasteiger partial charge on any atom is -0.206 e. The fourth-order valence-electron chi connectivity index (χ4n) is 3.73. The van der Waals surface area contributed by atoms with Crippen LogP contribution in [0.4, 0.5) is 17.6 Å². The zero-order valence-electron chi connectivity index (χ0n) is 11.5. The van der Waals surface area contributed by atoms with Gasteiger partial charge in [0.05, 0.1) is 11.4 Å². The van der Waals surface area contributed by atoms with Gasteiger partial charge in [-0.25, -0.2) is 4.39 Å². The van der Waals surface area contributed by atoms with Gasteiger partial charge in [0.25, 0.3) is 0 Å². The summed E-state index contributed by atoms with van der Waals surface area (Å²) in [6.07, 6.45) is -1.65. The van der Waals surface area contributed by atoms with Crippen LogP contribution in [0.25, 0.3) is 11.3 Å². The molecule has 2 atom stereocenters. The Labute approximate surface area is 124 Å². The van der Waals surface area contributed by atoms with Gasteiger partial charge in [0.2, 0.25) is 0 Å². The van der Waals surface area contributed by atoms with Gasteiger partial charge in [0.15, 0.2) is 0 Å². The Kier molecular flexibility index (Phi) is 2.80. The molecule has 1 heterocycles. The lowest BCUT2D eigenvalue weighted by molar-refractivity contribution is -0.139. The van der Waals surface area contributed by atoms with Crippen LogP contribution in [0.15, 0.2) is 24.3 Å². The van der Waals surface area contributed by atoms with Crippen LogP contribution in [-0.2, 0) is 6.18 Å². The number of halogens is 4. The van der Waals surface area contributed by atoms with Crippen molar-refractivity contribution >= 4 is 0 Å². The summed E-state index contributed by atoms with van der Waals surface area (Å²) in [6.45, 7) is 0. The van der Waals surface area contributed by atoms with Crippen LogP contribution < -0.4 is 0 Å². The molecule has 0 aliphatic heterocycles. The van der Waals surface area contributed by atoms with Gasteiger partial charge >= 0.3 is 6.18 Å². The normalized spacial score (nSPS) is 22.9. The molecule has 22 heavy (non-hydrogen) atoms. The van der Waals surface area contributed by atoms with Gasteiger partial charge in [-0.15, -0.1) is 0 Å². The highest BCUT2D eigenvalue weighted by atomic mass is 19.4. The molecule has 2 nitrogen and oxygen atoms in total. The van der Waals surface area contributed by atoms with Gasteiger partial charge in [-0.2, -0.15) is 23.4 Å². The van der Waals surface area contributed by atoms with Crippen LogP contribution in [0.1, 0.15) is 47.9 Å². The number of hydrogen-bond acceptors (Lipinski definition) is 2. The van der Waals surface area contributed by atoms with E-state index in [9.17, 15) is 17.6 Å². The molecule has 2 aliphatic carbocycles. The molecule has 4 rings (SSSR count). The number of alkyl halides is 3. The molecule has 2 bridgehead atoms. The first-order chi connectivity index (χ1) is 10.4. The van der Waals surface area contributed by atoms with Crippen molar-refractivity contribution in [1.82, 2.24) is 10.2 Å². The smallest absolute Gasteiger partial charge is 0.206 e. The summed E-state index contributed by atoms with van der Waals surface area (Å²) in [5.41, 5.74) is 0.472. The van der Waals surface area contributed by atoms with Crippen molar-refractivity contribution in [3.05, 3.63) is 46.9 Å². The molecule has 1 aromatic heterocycles. The number of nitrogens with zero attached hydrogens (tertiary/aromatic N) is 2. The van der Waals surface area contributed by atoms with Gasteiger partial charge in [-0.1, -0.05) is 12.1 Å². The van der Waals surface area contributed by atoms with Crippen LogP contribution in [0.2, 0.25) is 0 Å². The second kappa shape index (κ2) is 4.51. The lowest BCUT2D eigenvalue weighted by Crippen LogP contribution is -2.11. The van der Waals surface area contributed by atoms with Gasteiger partial charge in [0.1, 0.15) is 11.4 Å². The third-order valence-electron chi connectivity index (χ3n) is 4.69. The maximum Gasteiger partial charge on any atom is 0.419 e. The topological polar surface area (TPSA) is 25.8 Å². The van der Waals surface area contributed by atoms with E-state index >= 15 is 0 Å². The first-order valence-corrected chi connectivity index (χ1v) is 7.18. The van der Waals surface area contributed by atoms with Gasteiger partial charge in [-0.3, -0.25) is 0 Å². The number of benzene rings is 1. The summed E-state index contributed by atoms with van der Waals surface area (Å²) in [5.74, 6) is -0.540. The van der Waals surface area contributed by atoms with Crippen molar-refractivity contribution in [2.24, 2.45) is 0 Å². The number of rotatable bonds is 1. The molecule has 1 saturated carbocycles. The predicted molar refractivity (Wildman–Crippen MR) is 71.8 cm³/mol. The quantitative estimate of drug-likeness (QED) is 0.716. The first-order valence-electron chi connectivity index (χ1n) is 7.18. The zero-order valence-corrected chi connectivity index (χ0v) is 11.5. The minimum absolute atomic E-state index is 0.0955. The van der Waals surface area contributed by atoms with E-state index in [-0.39, 0.29) is 11.3 Å². The van der Waals surface area contributed by atoms with Crippen LogP contribution >= 0.6 is 0 Å². The summed E-state index contributed by atoms with van der Waals surface area (Å²) in [5, 5.41) is 8.07. The molecule has 2 unspecified atom stereocenters. The summed E-state index contributed by atoms with van der Waals surface area (Å²) in [6, 6.07) is 4.99. The van der Waals surface area contributed by atoms with E-state index in [4.69, 9.17) is 0 Å². The summed E-state index contributed by atoms with van der Waals surface area (Å²) in [7, 11) is 0. The zero-order chi connectivity index (χ0) is 15.5. The van der Waals surface area contributed by atoms with E-state index in [1.165, 1.54) is 12.1 Å². The molecule has 6 heteroatoms. The van der Waals surface area contributed by atoms with Gasteiger partial charge < -0.3 is 0 Å².